The Morgan fingerprint density at radius 1 is 0.579 bits per heavy atom. The second-order valence-corrected chi connectivity index (χ2v) is 18.6. The van der Waals surface area contributed by atoms with Gasteiger partial charge in [-0.25, -0.2) is 6.08 Å². The molecule has 1 unspecified atom stereocenters. The molecule has 0 bridgehead atoms. The zero-order valence-corrected chi connectivity index (χ0v) is 38.3. The molecule has 5 aromatic rings. The second-order valence-electron chi connectivity index (χ2n) is 17.4. The summed E-state index contributed by atoms with van der Waals surface area (Å²) in [6.07, 6.45) is 1.61. The molecule has 1 atom stereocenters. The molecule has 57 heavy (non-hydrogen) atoms. The number of halogens is 8. The van der Waals surface area contributed by atoms with Crippen molar-refractivity contribution < 1.29 is 75.4 Å². The molecule has 0 aromatic heterocycles. The van der Waals surface area contributed by atoms with E-state index >= 15 is 0 Å². The first-order chi connectivity index (χ1) is 25.3. The minimum atomic E-state index is -4.41. The van der Waals surface area contributed by atoms with Gasteiger partial charge in [-0.05, 0) is 10.8 Å². The Morgan fingerprint density at radius 3 is 1.25 bits per heavy atom. The summed E-state index contributed by atoms with van der Waals surface area (Å²) in [5.74, 6) is 0.587. The number of hydrogen-bond acceptors (Lipinski definition) is 0. The SMILES string of the molecule is CC(C)(C)c1ccc2c(c1)[cH-]c1cc(C(C)(C)C)ccc12.CCCC1[C-]=CC(C(C)(C)C)=C1.FC(F)(F)c1ccc([C](=[Zr+2])c2ccc(C(F)(F)F)cc2)cc1.[Cl-].[Cl-]. The number of alkyl halides is 6. The summed E-state index contributed by atoms with van der Waals surface area (Å²) < 4.78 is 75.6. The molecule has 0 nitrogen and oxygen atoms in total. The van der Waals surface area contributed by atoms with E-state index in [1.165, 1.54) is 75.4 Å². The van der Waals surface area contributed by atoms with E-state index < -0.39 is 23.5 Å². The van der Waals surface area contributed by atoms with E-state index in [9.17, 15) is 26.3 Å². The van der Waals surface area contributed by atoms with Crippen molar-refractivity contribution in [1.29, 1.82) is 0 Å². The standard InChI is InChI=1S/C21H25.C15H8F6.C12H19.2ClH.Zr/c1-20(2,3)16-7-9-18-14(12-16)11-15-13-17(21(4,5)6)8-10-19(15)18;16-14(17,18)12-5-1-10(2-6-12)9-11-3-7-13(8-4-11)15(19,20)21;1-5-6-10-7-8-11(9-10)12(2,3)4;;;/h7-13H,1-6H3;1-8H;8-10H,5-6H2,1-4H3;2*1H;/q-1;;-1;;;+2/p-2. The third-order valence-corrected chi connectivity index (χ3v) is 11.2. The van der Waals surface area contributed by atoms with E-state index in [0.29, 0.717) is 25.7 Å². The molecule has 0 N–H and O–H groups in total. The fourth-order valence-electron chi connectivity index (χ4n) is 6.23. The summed E-state index contributed by atoms with van der Waals surface area (Å²) in [4.78, 5) is 0. The predicted molar refractivity (Wildman–Crippen MR) is 214 cm³/mol. The quantitative estimate of drug-likeness (QED) is 0.125. The van der Waals surface area contributed by atoms with Crippen molar-refractivity contribution in [2.24, 2.45) is 11.3 Å². The van der Waals surface area contributed by atoms with Crippen molar-refractivity contribution in [3.63, 3.8) is 0 Å². The smallest absolute Gasteiger partial charge is 1.00 e. The number of allylic oxidation sites excluding steroid dienone is 4. The maximum absolute atomic E-state index is 12.5. The van der Waals surface area contributed by atoms with Crippen molar-refractivity contribution in [2.75, 3.05) is 0 Å². The zero-order valence-electron chi connectivity index (χ0n) is 34.3. The fourth-order valence-corrected chi connectivity index (χ4v) is 7.05. The summed E-state index contributed by atoms with van der Waals surface area (Å²) in [6, 6.07) is 25.3. The van der Waals surface area contributed by atoms with Gasteiger partial charge in [0.2, 0.25) is 0 Å². The van der Waals surface area contributed by atoms with Crippen LogP contribution in [0.5, 0.6) is 0 Å². The minimum Gasteiger partial charge on any atom is -1.00 e. The van der Waals surface area contributed by atoms with Crippen LogP contribution in [0.25, 0.3) is 21.5 Å². The van der Waals surface area contributed by atoms with E-state index in [1.807, 2.05) is 0 Å². The first-order valence-corrected chi connectivity index (χ1v) is 19.9. The molecule has 0 fully saturated rings. The second kappa shape index (κ2) is 19.5. The molecule has 9 heteroatoms. The third kappa shape index (κ3) is 13.6. The van der Waals surface area contributed by atoms with Crippen LogP contribution in [-0.2, 0) is 47.4 Å². The van der Waals surface area contributed by atoms with Crippen molar-refractivity contribution in [3.05, 3.63) is 148 Å². The molecule has 0 saturated carbocycles. The van der Waals surface area contributed by atoms with Crippen molar-refractivity contribution in [3.8, 4) is 0 Å². The van der Waals surface area contributed by atoms with Crippen LogP contribution in [0.4, 0.5) is 26.3 Å². The minimum absolute atomic E-state index is 0. The van der Waals surface area contributed by atoms with Crippen LogP contribution in [-0.4, -0.2) is 3.21 Å². The maximum atomic E-state index is 12.5. The van der Waals surface area contributed by atoms with Crippen LogP contribution >= 0.6 is 0 Å². The van der Waals surface area contributed by atoms with E-state index in [-0.39, 0.29) is 35.6 Å². The number of benzene rings is 4. The molecule has 0 radical (unpaired) electrons. The Balaban J connectivity index is 0.000000302. The Hall–Kier alpha value is -2.86. The number of hydrogen-bond donors (Lipinski definition) is 0. The molecule has 5 aromatic carbocycles. The van der Waals surface area contributed by atoms with Crippen LogP contribution in [0.3, 0.4) is 0 Å². The molecule has 306 valence electrons. The first-order valence-electron chi connectivity index (χ1n) is 18.7. The summed E-state index contributed by atoms with van der Waals surface area (Å²) in [5.41, 5.74) is 4.57. The average Bonchev–Trinajstić information content (AvgIpc) is 3.72. The van der Waals surface area contributed by atoms with E-state index in [0.717, 1.165) is 48.5 Å². The summed E-state index contributed by atoms with van der Waals surface area (Å²) in [7, 11) is 0. The molecule has 1 aliphatic carbocycles. The molecular weight excluding hydrogens is 853 g/mol. The van der Waals surface area contributed by atoms with Gasteiger partial charge in [0.15, 0.2) is 0 Å². The van der Waals surface area contributed by atoms with Gasteiger partial charge in [-0.2, -0.15) is 11.6 Å². The van der Waals surface area contributed by atoms with Crippen LogP contribution < -0.4 is 24.8 Å². The van der Waals surface area contributed by atoms with Crippen LogP contribution in [0.1, 0.15) is 115 Å². The van der Waals surface area contributed by atoms with Crippen LogP contribution in [0.15, 0.2) is 109 Å². The van der Waals surface area contributed by atoms with Gasteiger partial charge in [0, 0.05) is 0 Å². The summed E-state index contributed by atoms with van der Waals surface area (Å²) in [5, 5.41) is 5.48. The van der Waals surface area contributed by atoms with Crippen LogP contribution in [0.2, 0.25) is 0 Å². The maximum Gasteiger partial charge on any atom is -1.00 e. The van der Waals surface area contributed by atoms with Crippen molar-refractivity contribution in [1.82, 2.24) is 0 Å². The molecule has 0 saturated heterocycles. The summed E-state index contributed by atoms with van der Waals surface area (Å²) >= 11 is 0.898. The fraction of sp³-hybridized carbons (Fsp3) is 0.375. The molecule has 0 spiro atoms. The molecule has 0 aliphatic heterocycles. The third-order valence-electron chi connectivity index (χ3n) is 9.74. The van der Waals surface area contributed by atoms with Crippen molar-refractivity contribution >= 4 is 24.8 Å². The monoisotopic (exact) mass is 902 g/mol. The molecule has 1 aliphatic rings. The van der Waals surface area contributed by atoms with Gasteiger partial charge in [-0.1, -0.05) is 129 Å². The first kappa shape index (κ1) is 50.3. The Kier molecular flexibility index (Phi) is 17.2. The number of fused-ring (bicyclic) bond motifs is 3. The van der Waals surface area contributed by atoms with Gasteiger partial charge in [-0.15, -0.1) is 39.7 Å². The van der Waals surface area contributed by atoms with Gasteiger partial charge >= 0.3 is 137 Å². The Morgan fingerprint density at radius 2 is 0.947 bits per heavy atom. The van der Waals surface area contributed by atoms with E-state index in [1.54, 1.807) is 0 Å². The largest absolute Gasteiger partial charge is 1.00 e. The number of rotatable bonds is 4. The zero-order chi connectivity index (χ0) is 41.1. The van der Waals surface area contributed by atoms with Crippen molar-refractivity contribution in [2.45, 2.75) is 105 Å². The van der Waals surface area contributed by atoms with E-state index in [4.69, 9.17) is 0 Å². The Bertz CT molecular complexity index is 2020. The average molecular weight is 905 g/mol. The van der Waals surface area contributed by atoms with Gasteiger partial charge in [-0.3, -0.25) is 6.08 Å². The topological polar surface area (TPSA) is 0 Å². The van der Waals surface area contributed by atoms with Crippen LogP contribution in [0, 0.1) is 17.4 Å². The van der Waals surface area contributed by atoms with Gasteiger partial charge < -0.3 is 24.8 Å². The Labute approximate surface area is 362 Å². The normalized spacial score (nSPS) is 14.5. The van der Waals surface area contributed by atoms with Gasteiger partial charge in [0.1, 0.15) is 0 Å². The van der Waals surface area contributed by atoms with Gasteiger partial charge in [0.05, 0.1) is 0 Å². The van der Waals surface area contributed by atoms with Gasteiger partial charge in [0.25, 0.3) is 0 Å². The molecule has 0 amide bonds. The molecule has 6 rings (SSSR count). The molecule has 0 heterocycles. The summed E-state index contributed by atoms with van der Waals surface area (Å²) in [6.45, 7) is 22.6. The molecular formula is C48H52Cl2F6Zr-2. The predicted octanol–water partition coefficient (Wildman–Crippen LogP) is 8.90. The van der Waals surface area contributed by atoms with E-state index in [2.05, 4.69) is 130 Å².